The molecule has 0 fully saturated rings. The Hall–Kier alpha value is 0.1000. The molecule has 0 aliphatic heterocycles. The first-order valence-corrected chi connectivity index (χ1v) is 4.63. The average Bonchev–Trinajstić information content (AvgIpc) is 1.95. The van der Waals surface area contributed by atoms with Crippen LogP contribution in [0.15, 0.2) is 27.1 Å². The Labute approximate surface area is 81.8 Å². The summed E-state index contributed by atoms with van der Waals surface area (Å²) in [6.07, 6.45) is 0. The molecule has 0 aliphatic carbocycles. The molecule has 2 nitrogen and oxygen atoms in total. The van der Waals surface area contributed by atoms with Gasteiger partial charge in [0.05, 0.1) is 0 Å². The summed E-state index contributed by atoms with van der Waals surface area (Å²) in [5.74, 6) is 0. The van der Waals surface area contributed by atoms with Crippen molar-refractivity contribution in [3.8, 4) is 0 Å². The Balaban J connectivity index is 2.90. The van der Waals surface area contributed by atoms with Crippen LogP contribution in [0.25, 0.3) is 0 Å². The van der Waals surface area contributed by atoms with Gasteiger partial charge in [-0.2, -0.15) is 0 Å². The van der Waals surface area contributed by atoms with Crippen molar-refractivity contribution in [3.63, 3.8) is 0 Å². The van der Waals surface area contributed by atoms with Gasteiger partial charge in [-0.25, -0.2) is 5.48 Å². The zero-order chi connectivity index (χ0) is 8.27. The monoisotopic (exact) mass is 279 g/mol. The molecule has 0 saturated heterocycles. The number of hydrogen-bond donors (Lipinski definition) is 2. The second-order valence-corrected chi connectivity index (χ2v) is 3.84. The first-order chi connectivity index (χ1) is 5.24. The number of halogens is 2. The molecule has 2 N–H and O–H groups in total. The van der Waals surface area contributed by atoms with E-state index >= 15 is 0 Å². The Morgan fingerprint density at radius 1 is 1.36 bits per heavy atom. The quantitative estimate of drug-likeness (QED) is 0.817. The molecule has 0 unspecified atom stereocenters. The molecule has 0 bridgehead atoms. The maximum Gasteiger partial charge on any atom is 0.0469 e. The van der Waals surface area contributed by atoms with E-state index in [1.807, 2.05) is 18.2 Å². The van der Waals surface area contributed by atoms with Crippen molar-refractivity contribution in [2.75, 3.05) is 0 Å². The Bertz CT molecular complexity index is 252. The lowest BCUT2D eigenvalue weighted by Crippen LogP contribution is -2.06. The summed E-state index contributed by atoms with van der Waals surface area (Å²) >= 11 is 6.70. The van der Waals surface area contributed by atoms with Gasteiger partial charge in [-0.05, 0) is 17.7 Å². The zero-order valence-electron chi connectivity index (χ0n) is 5.64. The highest BCUT2D eigenvalue weighted by Crippen LogP contribution is 2.21. The smallest absolute Gasteiger partial charge is 0.0469 e. The first kappa shape index (κ1) is 9.19. The fourth-order valence-corrected chi connectivity index (χ4v) is 1.94. The predicted octanol–water partition coefficient (Wildman–Crippen LogP) is 2.69. The minimum atomic E-state index is 0.452. The summed E-state index contributed by atoms with van der Waals surface area (Å²) in [4.78, 5) is 0. The van der Waals surface area contributed by atoms with Crippen molar-refractivity contribution in [2.45, 2.75) is 6.54 Å². The van der Waals surface area contributed by atoms with Crippen LogP contribution in [0.5, 0.6) is 0 Å². The maximum absolute atomic E-state index is 8.43. The van der Waals surface area contributed by atoms with Gasteiger partial charge in [-0.15, -0.1) is 0 Å². The topological polar surface area (TPSA) is 32.3 Å². The predicted molar refractivity (Wildman–Crippen MR) is 50.5 cm³/mol. The number of hydroxylamine groups is 1. The van der Waals surface area contributed by atoms with E-state index in [0.717, 1.165) is 14.5 Å². The highest BCUT2D eigenvalue weighted by Gasteiger charge is 1.98. The summed E-state index contributed by atoms with van der Waals surface area (Å²) in [7, 11) is 0. The largest absolute Gasteiger partial charge is 0.316 e. The van der Waals surface area contributed by atoms with Crippen molar-refractivity contribution >= 4 is 31.9 Å². The van der Waals surface area contributed by atoms with Crippen LogP contribution in [0, 0.1) is 0 Å². The molecule has 0 aliphatic rings. The standard InChI is InChI=1S/C7H7Br2NO/c8-6-2-1-5(4-10-11)7(9)3-6/h1-3,10-11H,4H2. The minimum absolute atomic E-state index is 0.452. The summed E-state index contributed by atoms with van der Waals surface area (Å²) in [6.45, 7) is 0.452. The lowest BCUT2D eigenvalue weighted by atomic mass is 10.2. The Kier molecular flexibility index (Phi) is 3.51. The van der Waals surface area contributed by atoms with Crippen molar-refractivity contribution in [1.82, 2.24) is 5.48 Å². The van der Waals surface area contributed by atoms with E-state index in [1.54, 1.807) is 0 Å². The van der Waals surface area contributed by atoms with Crippen LogP contribution >= 0.6 is 31.9 Å². The van der Waals surface area contributed by atoms with E-state index in [2.05, 4.69) is 37.3 Å². The highest BCUT2D eigenvalue weighted by molar-refractivity contribution is 9.11. The van der Waals surface area contributed by atoms with Crippen molar-refractivity contribution in [2.24, 2.45) is 0 Å². The fourth-order valence-electron chi connectivity index (χ4n) is 0.750. The third kappa shape index (κ3) is 2.56. The van der Waals surface area contributed by atoms with Crippen LogP contribution < -0.4 is 5.48 Å². The van der Waals surface area contributed by atoms with Crippen LogP contribution in [-0.2, 0) is 6.54 Å². The molecule has 1 rings (SSSR count). The molecule has 0 aromatic heterocycles. The van der Waals surface area contributed by atoms with Gasteiger partial charge in [0.2, 0.25) is 0 Å². The van der Waals surface area contributed by atoms with Crippen LogP contribution in [0.2, 0.25) is 0 Å². The number of rotatable bonds is 2. The van der Waals surface area contributed by atoms with Gasteiger partial charge in [0.1, 0.15) is 0 Å². The normalized spacial score (nSPS) is 10.1. The van der Waals surface area contributed by atoms with E-state index in [9.17, 15) is 0 Å². The van der Waals surface area contributed by atoms with Crippen molar-refractivity contribution < 1.29 is 5.21 Å². The lowest BCUT2D eigenvalue weighted by molar-refractivity contribution is 0.161. The van der Waals surface area contributed by atoms with Crippen LogP contribution in [-0.4, -0.2) is 5.21 Å². The van der Waals surface area contributed by atoms with Gasteiger partial charge < -0.3 is 5.21 Å². The number of benzene rings is 1. The third-order valence-corrected chi connectivity index (χ3v) is 2.52. The summed E-state index contributed by atoms with van der Waals surface area (Å²) in [6, 6.07) is 5.79. The minimum Gasteiger partial charge on any atom is -0.316 e. The lowest BCUT2D eigenvalue weighted by Gasteiger charge is -2.02. The van der Waals surface area contributed by atoms with Gasteiger partial charge in [0.25, 0.3) is 0 Å². The molecule has 1 aromatic rings. The zero-order valence-corrected chi connectivity index (χ0v) is 8.81. The van der Waals surface area contributed by atoms with E-state index in [4.69, 9.17) is 5.21 Å². The van der Waals surface area contributed by atoms with Crippen LogP contribution in [0.1, 0.15) is 5.56 Å². The Morgan fingerprint density at radius 3 is 2.64 bits per heavy atom. The van der Waals surface area contributed by atoms with E-state index in [1.165, 1.54) is 0 Å². The molecule has 0 heterocycles. The first-order valence-electron chi connectivity index (χ1n) is 3.05. The molecule has 0 saturated carbocycles. The molecule has 11 heavy (non-hydrogen) atoms. The number of hydrogen-bond acceptors (Lipinski definition) is 2. The van der Waals surface area contributed by atoms with Gasteiger partial charge in [-0.1, -0.05) is 37.9 Å². The SMILES string of the molecule is ONCc1ccc(Br)cc1Br. The molecule has 0 spiro atoms. The second kappa shape index (κ2) is 4.21. The highest BCUT2D eigenvalue weighted by atomic mass is 79.9. The fraction of sp³-hybridized carbons (Fsp3) is 0.143. The molecule has 1 aromatic carbocycles. The second-order valence-electron chi connectivity index (χ2n) is 2.07. The van der Waals surface area contributed by atoms with Crippen LogP contribution in [0.4, 0.5) is 0 Å². The summed E-state index contributed by atoms with van der Waals surface area (Å²) in [5.41, 5.74) is 3.12. The van der Waals surface area contributed by atoms with E-state index < -0.39 is 0 Å². The molecule has 60 valence electrons. The molecular formula is C7H7Br2NO. The molecule has 4 heteroatoms. The van der Waals surface area contributed by atoms with Gasteiger partial charge >= 0.3 is 0 Å². The molecule has 0 radical (unpaired) electrons. The molecule has 0 amide bonds. The Morgan fingerprint density at radius 2 is 2.09 bits per heavy atom. The van der Waals surface area contributed by atoms with Gasteiger partial charge in [-0.3, -0.25) is 0 Å². The molecular weight excluding hydrogens is 274 g/mol. The van der Waals surface area contributed by atoms with Gasteiger partial charge in [0.15, 0.2) is 0 Å². The third-order valence-electron chi connectivity index (χ3n) is 1.28. The summed E-state index contributed by atoms with van der Waals surface area (Å²) in [5, 5.41) is 8.43. The molecule has 0 atom stereocenters. The van der Waals surface area contributed by atoms with Gasteiger partial charge in [0, 0.05) is 15.5 Å². The summed E-state index contributed by atoms with van der Waals surface area (Å²) < 4.78 is 2.00. The van der Waals surface area contributed by atoms with E-state index in [-0.39, 0.29) is 0 Å². The van der Waals surface area contributed by atoms with Crippen LogP contribution in [0.3, 0.4) is 0 Å². The van der Waals surface area contributed by atoms with Crippen molar-refractivity contribution in [3.05, 3.63) is 32.7 Å². The average molecular weight is 281 g/mol. The van der Waals surface area contributed by atoms with Crippen molar-refractivity contribution in [1.29, 1.82) is 0 Å². The number of nitrogens with one attached hydrogen (secondary N) is 1. The maximum atomic E-state index is 8.43. The van der Waals surface area contributed by atoms with E-state index in [0.29, 0.717) is 6.54 Å².